The first-order valence-electron chi connectivity index (χ1n) is 14.6. The summed E-state index contributed by atoms with van der Waals surface area (Å²) in [6, 6.07) is 33.0. The molecule has 0 N–H and O–H groups in total. The lowest BCUT2D eigenvalue weighted by Crippen LogP contribution is -2.40. The van der Waals surface area contributed by atoms with Crippen LogP contribution in [0, 0.1) is 0 Å². The number of pyridine rings is 1. The number of aromatic nitrogens is 1. The molecule has 0 bridgehead atoms. The molecule has 216 valence electrons. The van der Waals surface area contributed by atoms with E-state index < -0.39 is 0 Å². The maximum absolute atomic E-state index is 13.5. The third-order valence-electron chi connectivity index (χ3n) is 8.12. The minimum absolute atomic E-state index is 0.0446. The molecule has 44 heavy (non-hydrogen) atoms. The lowest BCUT2D eigenvalue weighted by molar-refractivity contribution is -0.116. The highest BCUT2D eigenvalue weighted by molar-refractivity contribution is 6.26. The van der Waals surface area contributed by atoms with Gasteiger partial charge in [0.1, 0.15) is 0 Å². The van der Waals surface area contributed by atoms with Crippen LogP contribution in [-0.4, -0.2) is 53.8 Å². The molecule has 2 amide bonds. The fourth-order valence-electron chi connectivity index (χ4n) is 5.98. The molecule has 0 unspecified atom stereocenters. The maximum Gasteiger partial charge on any atom is 0.254 e. The predicted molar refractivity (Wildman–Crippen MR) is 171 cm³/mol. The summed E-state index contributed by atoms with van der Waals surface area (Å²) >= 11 is 0. The number of allylic oxidation sites excluding steroid dienone is 1. The first kappa shape index (κ1) is 27.4. The lowest BCUT2D eigenvalue weighted by atomic mass is 9.95. The van der Waals surface area contributed by atoms with Gasteiger partial charge in [-0.1, -0.05) is 60.7 Å². The molecule has 7 nitrogen and oxygen atoms in total. The Bertz CT molecular complexity index is 1980. The zero-order valence-electron chi connectivity index (χ0n) is 24.2. The van der Waals surface area contributed by atoms with Crippen LogP contribution in [0.25, 0.3) is 39.2 Å². The predicted octanol–water partition coefficient (Wildman–Crippen LogP) is 6.63. The highest BCUT2D eigenvalue weighted by atomic mass is 16.5. The van der Waals surface area contributed by atoms with Gasteiger partial charge in [0.15, 0.2) is 0 Å². The number of rotatable bonds is 4. The summed E-state index contributed by atoms with van der Waals surface area (Å²) in [5.41, 5.74) is 7.05. The Hall–Kier alpha value is -5.40. The number of para-hydroxylation sites is 1. The number of ether oxygens (including phenoxy) is 1. The number of carbonyl (C=O) groups is 3. The molecule has 1 fully saturated rings. The second-order valence-electron chi connectivity index (χ2n) is 10.9. The number of fused-ring (bicyclic) bond motifs is 2. The molecule has 3 heterocycles. The smallest absolute Gasteiger partial charge is 0.254 e. The van der Waals surface area contributed by atoms with E-state index in [0.29, 0.717) is 54.3 Å². The standard InChI is InChI=1S/C37H29N3O4/c1-24(41)40-34-13-6-5-12-30(34)36(42)35(40)23-29-22-31(27-11-7-10-26(20-27)25-8-3-2-4-9-25)32-21-28(14-15-33(32)38-29)37(43)39-16-18-44-19-17-39/h2-15,20-23H,16-19H2,1H3/b35-23-. The molecule has 7 heteroatoms. The number of carbonyl (C=O) groups excluding carboxylic acids is 3. The Labute approximate surface area is 255 Å². The summed E-state index contributed by atoms with van der Waals surface area (Å²) in [5.74, 6) is -0.522. The zero-order chi connectivity index (χ0) is 30.2. The average molecular weight is 580 g/mol. The van der Waals surface area contributed by atoms with Crippen LogP contribution in [0.1, 0.15) is 33.3 Å². The van der Waals surface area contributed by atoms with E-state index in [2.05, 4.69) is 24.3 Å². The van der Waals surface area contributed by atoms with Gasteiger partial charge in [-0.05, 0) is 70.8 Å². The van der Waals surface area contributed by atoms with Crippen molar-refractivity contribution in [3.8, 4) is 22.3 Å². The molecule has 0 radical (unpaired) electrons. The highest BCUT2D eigenvalue weighted by Gasteiger charge is 2.34. The molecule has 2 aliphatic heterocycles. The van der Waals surface area contributed by atoms with Gasteiger partial charge >= 0.3 is 0 Å². The first-order valence-corrected chi connectivity index (χ1v) is 14.6. The molecule has 0 atom stereocenters. The molecule has 0 aliphatic carbocycles. The van der Waals surface area contributed by atoms with Crippen LogP contribution >= 0.6 is 0 Å². The van der Waals surface area contributed by atoms with Gasteiger partial charge in [0.2, 0.25) is 11.7 Å². The van der Waals surface area contributed by atoms with Crippen LogP contribution < -0.4 is 4.90 Å². The van der Waals surface area contributed by atoms with E-state index in [1.54, 1.807) is 30.3 Å². The summed E-state index contributed by atoms with van der Waals surface area (Å²) in [6.45, 7) is 3.60. The van der Waals surface area contributed by atoms with Gasteiger partial charge in [-0.2, -0.15) is 0 Å². The van der Waals surface area contributed by atoms with Crippen molar-refractivity contribution >= 4 is 40.3 Å². The Balaban J connectivity index is 1.39. The molecular formula is C37H29N3O4. The van der Waals surface area contributed by atoms with E-state index in [9.17, 15) is 14.4 Å². The molecule has 1 aromatic heterocycles. The summed E-state index contributed by atoms with van der Waals surface area (Å²) in [7, 11) is 0. The molecule has 0 saturated carbocycles. The molecule has 5 aromatic rings. The number of ketones is 1. The first-order chi connectivity index (χ1) is 21.5. The van der Waals surface area contributed by atoms with Gasteiger partial charge in [-0.15, -0.1) is 0 Å². The van der Waals surface area contributed by atoms with Crippen molar-refractivity contribution in [3.05, 3.63) is 126 Å². The third-order valence-corrected chi connectivity index (χ3v) is 8.12. The van der Waals surface area contributed by atoms with Gasteiger partial charge in [0, 0.05) is 36.5 Å². The van der Waals surface area contributed by atoms with Gasteiger partial charge in [0.25, 0.3) is 5.91 Å². The van der Waals surface area contributed by atoms with E-state index in [-0.39, 0.29) is 23.3 Å². The molecule has 0 spiro atoms. The summed E-state index contributed by atoms with van der Waals surface area (Å²) < 4.78 is 5.44. The van der Waals surface area contributed by atoms with Crippen LogP contribution in [0.15, 0.2) is 109 Å². The van der Waals surface area contributed by atoms with E-state index in [0.717, 1.165) is 27.6 Å². The van der Waals surface area contributed by atoms with E-state index in [1.807, 2.05) is 59.5 Å². The Morgan fingerprint density at radius 2 is 1.50 bits per heavy atom. The normalized spacial score (nSPS) is 15.6. The van der Waals surface area contributed by atoms with Gasteiger partial charge in [-0.3, -0.25) is 19.3 Å². The number of anilines is 1. The fraction of sp³-hybridized carbons (Fsp3) is 0.135. The second kappa shape index (κ2) is 11.4. The monoisotopic (exact) mass is 579 g/mol. The van der Waals surface area contributed by atoms with Crippen molar-refractivity contribution in [1.29, 1.82) is 0 Å². The topological polar surface area (TPSA) is 79.8 Å². The Morgan fingerprint density at radius 3 is 2.30 bits per heavy atom. The van der Waals surface area contributed by atoms with Crippen molar-refractivity contribution in [2.45, 2.75) is 6.92 Å². The van der Waals surface area contributed by atoms with E-state index >= 15 is 0 Å². The van der Waals surface area contributed by atoms with Crippen LogP contribution in [0.4, 0.5) is 5.69 Å². The minimum atomic E-state index is -0.252. The van der Waals surface area contributed by atoms with Crippen LogP contribution in [0.2, 0.25) is 0 Å². The van der Waals surface area contributed by atoms with Crippen LogP contribution in [0.5, 0.6) is 0 Å². The van der Waals surface area contributed by atoms with Crippen molar-refractivity contribution in [3.63, 3.8) is 0 Å². The summed E-state index contributed by atoms with van der Waals surface area (Å²) in [4.78, 5) is 47.8. The van der Waals surface area contributed by atoms with Crippen LogP contribution in [0.3, 0.4) is 0 Å². The number of nitrogens with zero attached hydrogens (tertiary/aromatic N) is 3. The number of amides is 2. The largest absolute Gasteiger partial charge is 0.378 e. The van der Waals surface area contributed by atoms with Gasteiger partial charge in [0.05, 0.1) is 35.8 Å². The van der Waals surface area contributed by atoms with Crippen LogP contribution in [-0.2, 0) is 9.53 Å². The maximum atomic E-state index is 13.5. The van der Waals surface area contributed by atoms with Gasteiger partial charge in [-0.25, -0.2) is 4.98 Å². The SMILES string of the molecule is CC(=O)N1/C(=C\c2cc(-c3cccc(-c4ccccc4)c3)c3cc(C(=O)N4CCOCC4)ccc3n2)C(=O)c2ccccc21. The third kappa shape index (κ3) is 4.97. The average Bonchev–Trinajstić information content (AvgIpc) is 3.35. The fourth-order valence-corrected chi connectivity index (χ4v) is 5.98. The Kier molecular flexibility index (Phi) is 7.08. The van der Waals surface area contributed by atoms with E-state index in [4.69, 9.17) is 9.72 Å². The number of Topliss-reactive ketones (excluding diaryl/α,β-unsaturated/α-hetero) is 1. The lowest BCUT2D eigenvalue weighted by Gasteiger charge is -2.27. The summed E-state index contributed by atoms with van der Waals surface area (Å²) in [6.07, 6.45) is 1.68. The quantitative estimate of drug-likeness (QED) is 0.223. The zero-order valence-corrected chi connectivity index (χ0v) is 24.2. The number of morpholine rings is 1. The van der Waals surface area contributed by atoms with Crippen molar-refractivity contribution in [1.82, 2.24) is 9.88 Å². The van der Waals surface area contributed by atoms with Crippen molar-refractivity contribution < 1.29 is 19.1 Å². The minimum Gasteiger partial charge on any atom is -0.378 e. The molecule has 4 aromatic carbocycles. The molecule has 1 saturated heterocycles. The molecular weight excluding hydrogens is 550 g/mol. The molecule has 2 aliphatic rings. The number of hydrogen-bond acceptors (Lipinski definition) is 5. The van der Waals surface area contributed by atoms with Crippen molar-refractivity contribution in [2.24, 2.45) is 0 Å². The van der Waals surface area contributed by atoms with E-state index in [1.165, 1.54) is 11.8 Å². The molecule has 7 rings (SSSR count). The highest BCUT2D eigenvalue weighted by Crippen LogP contribution is 2.37. The Morgan fingerprint density at radius 1 is 0.773 bits per heavy atom. The summed E-state index contributed by atoms with van der Waals surface area (Å²) in [5, 5.41) is 0.820. The van der Waals surface area contributed by atoms with Crippen molar-refractivity contribution in [2.75, 3.05) is 31.2 Å². The number of hydrogen-bond donors (Lipinski definition) is 0. The second-order valence-corrected chi connectivity index (χ2v) is 10.9. The van der Waals surface area contributed by atoms with Gasteiger partial charge < -0.3 is 9.64 Å². The number of benzene rings is 4.